The van der Waals surface area contributed by atoms with Crippen LogP contribution in [-0.2, 0) is 7.05 Å². The number of aromatic nitrogens is 4. The van der Waals surface area contributed by atoms with Crippen molar-refractivity contribution in [3.63, 3.8) is 0 Å². The molecule has 0 saturated carbocycles. The molecule has 0 aliphatic rings. The molecular weight excluding hydrogens is 202 g/mol. The van der Waals surface area contributed by atoms with Gasteiger partial charge in [0.15, 0.2) is 0 Å². The Morgan fingerprint density at radius 1 is 1.38 bits per heavy atom. The van der Waals surface area contributed by atoms with Gasteiger partial charge in [0.05, 0.1) is 17.9 Å². The van der Waals surface area contributed by atoms with Crippen molar-refractivity contribution in [2.24, 2.45) is 7.05 Å². The molecule has 0 spiro atoms. The number of anilines is 1. The predicted octanol–water partition coefficient (Wildman–Crippen LogP) is 1.42. The number of nitrogen functional groups attached to an aromatic ring is 1. The van der Waals surface area contributed by atoms with E-state index in [1.165, 1.54) is 5.56 Å². The Bertz CT molecular complexity index is 508. The standard InChI is InChI=1S/C11H17N5/c1-7-11(8(2)15(4)14-7)9(3)16-10(12)5-6-13-16/h5-6,9H,12H2,1-4H3. The molecule has 1 unspecified atom stereocenters. The molecule has 0 saturated heterocycles. The maximum Gasteiger partial charge on any atom is 0.122 e. The summed E-state index contributed by atoms with van der Waals surface area (Å²) in [7, 11) is 1.95. The van der Waals surface area contributed by atoms with Gasteiger partial charge in [0.2, 0.25) is 0 Å². The summed E-state index contributed by atoms with van der Waals surface area (Å²) < 4.78 is 3.71. The van der Waals surface area contributed by atoms with Crippen LogP contribution in [0.4, 0.5) is 5.82 Å². The smallest absolute Gasteiger partial charge is 0.122 e. The maximum absolute atomic E-state index is 5.86. The largest absolute Gasteiger partial charge is 0.384 e. The summed E-state index contributed by atoms with van der Waals surface area (Å²) in [4.78, 5) is 0. The summed E-state index contributed by atoms with van der Waals surface area (Å²) in [6.45, 7) is 6.16. The Labute approximate surface area is 94.9 Å². The molecule has 2 heterocycles. The summed E-state index contributed by atoms with van der Waals surface area (Å²) in [5.74, 6) is 0.676. The lowest BCUT2D eigenvalue weighted by Gasteiger charge is -2.14. The third-order valence-electron chi connectivity index (χ3n) is 3.05. The third-order valence-corrected chi connectivity index (χ3v) is 3.05. The molecule has 0 radical (unpaired) electrons. The molecule has 0 aromatic carbocycles. The van der Waals surface area contributed by atoms with Crippen molar-refractivity contribution in [2.45, 2.75) is 26.8 Å². The molecular formula is C11H17N5. The van der Waals surface area contributed by atoms with Crippen molar-refractivity contribution >= 4 is 5.82 Å². The number of nitrogens with zero attached hydrogens (tertiary/aromatic N) is 4. The van der Waals surface area contributed by atoms with E-state index in [2.05, 4.69) is 24.0 Å². The van der Waals surface area contributed by atoms with Crippen LogP contribution in [-0.4, -0.2) is 19.6 Å². The zero-order valence-electron chi connectivity index (χ0n) is 10.1. The fourth-order valence-corrected chi connectivity index (χ4v) is 2.17. The number of rotatable bonds is 2. The summed E-state index contributed by atoms with van der Waals surface area (Å²) in [5, 5.41) is 8.64. The zero-order chi connectivity index (χ0) is 11.9. The van der Waals surface area contributed by atoms with E-state index in [0.29, 0.717) is 5.82 Å². The van der Waals surface area contributed by atoms with Gasteiger partial charge < -0.3 is 5.73 Å². The molecule has 86 valence electrons. The van der Waals surface area contributed by atoms with Crippen molar-refractivity contribution in [3.05, 3.63) is 29.2 Å². The molecule has 0 aliphatic heterocycles. The molecule has 2 rings (SSSR count). The lowest BCUT2D eigenvalue weighted by atomic mass is 10.1. The van der Waals surface area contributed by atoms with E-state index in [4.69, 9.17) is 5.73 Å². The van der Waals surface area contributed by atoms with Gasteiger partial charge >= 0.3 is 0 Å². The van der Waals surface area contributed by atoms with Crippen LogP contribution in [0.5, 0.6) is 0 Å². The summed E-state index contributed by atoms with van der Waals surface area (Å²) in [6, 6.07) is 1.92. The highest BCUT2D eigenvalue weighted by Crippen LogP contribution is 2.25. The summed E-state index contributed by atoms with van der Waals surface area (Å²) >= 11 is 0. The van der Waals surface area contributed by atoms with Crippen molar-refractivity contribution in [1.29, 1.82) is 0 Å². The van der Waals surface area contributed by atoms with Gasteiger partial charge in [-0.1, -0.05) is 0 Å². The van der Waals surface area contributed by atoms with Crippen molar-refractivity contribution in [1.82, 2.24) is 19.6 Å². The van der Waals surface area contributed by atoms with Crippen LogP contribution in [0.2, 0.25) is 0 Å². The van der Waals surface area contributed by atoms with E-state index in [1.54, 1.807) is 12.3 Å². The summed E-state index contributed by atoms with van der Waals surface area (Å²) in [6.07, 6.45) is 1.72. The minimum Gasteiger partial charge on any atom is -0.384 e. The van der Waals surface area contributed by atoms with E-state index in [9.17, 15) is 0 Å². The average Bonchev–Trinajstić information content (AvgIpc) is 2.73. The Balaban J connectivity index is 2.49. The van der Waals surface area contributed by atoms with Crippen LogP contribution in [0.3, 0.4) is 0 Å². The molecule has 1 atom stereocenters. The van der Waals surface area contributed by atoms with E-state index in [-0.39, 0.29) is 6.04 Å². The van der Waals surface area contributed by atoms with E-state index in [0.717, 1.165) is 11.4 Å². The van der Waals surface area contributed by atoms with E-state index in [1.807, 2.05) is 23.3 Å². The lowest BCUT2D eigenvalue weighted by molar-refractivity contribution is 0.567. The molecule has 0 fully saturated rings. The highest BCUT2D eigenvalue weighted by Gasteiger charge is 2.19. The molecule has 2 aromatic rings. The first-order chi connectivity index (χ1) is 7.52. The Hall–Kier alpha value is -1.78. The van der Waals surface area contributed by atoms with Gasteiger partial charge in [0.1, 0.15) is 5.82 Å². The fourth-order valence-electron chi connectivity index (χ4n) is 2.17. The fraction of sp³-hybridized carbons (Fsp3) is 0.455. The number of nitrogens with two attached hydrogens (primary N) is 1. The van der Waals surface area contributed by atoms with Gasteiger partial charge in [-0.15, -0.1) is 0 Å². The van der Waals surface area contributed by atoms with Gasteiger partial charge in [-0.3, -0.25) is 4.68 Å². The van der Waals surface area contributed by atoms with E-state index >= 15 is 0 Å². The Kier molecular flexibility index (Phi) is 2.46. The van der Waals surface area contributed by atoms with Gasteiger partial charge in [0, 0.05) is 18.3 Å². The molecule has 2 aromatic heterocycles. The molecule has 5 heteroatoms. The van der Waals surface area contributed by atoms with Crippen LogP contribution in [0.25, 0.3) is 0 Å². The van der Waals surface area contributed by atoms with Crippen LogP contribution in [0.1, 0.15) is 29.9 Å². The van der Waals surface area contributed by atoms with Crippen LogP contribution >= 0.6 is 0 Å². The second kappa shape index (κ2) is 3.66. The first-order valence-electron chi connectivity index (χ1n) is 5.31. The molecule has 2 N–H and O–H groups in total. The van der Waals surface area contributed by atoms with Gasteiger partial charge in [-0.2, -0.15) is 10.2 Å². The second-order valence-corrected chi connectivity index (χ2v) is 4.08. The predicted molar refractivity (Wildman–Crippen MR) is 63.1 cm³/mol. The van der Waals surface area contributed by atoms with Crippen molar-refractivity contribution < 1.29 is 0 Å². The molecule has 0 bridgehead atoms. The molecule has 0 aliphatic carbocycles. The highest BCUT2D eigenvalue weighted by molar-refractivity contribution is 5.33. The first kappa shape index (κ1) is 10.7. The maximum atomic E-state index is 5.86. The molecule has 16 heavy (non-hydrogen) atoms. The van der Waals surface area contributed by atoms with Gasteiger partial charge in [-0.05, 0) is 26.8 Å². The van der Waals surface area contributed by atoms with Crippen LogP contribution in [0, 0.1) is 13.8 Å². The third kappa shape index (κ3) is 1.48. The quantitative estimate of drug-likeness (QED) is 0.831. The van der Waals surface area contributed by atoms with Crippen molar-refractivity contribution in [2.75, 3.05) is 5.73 Å². The van der Waals surface area contributed by atoms with Crippen LogP contribution < -0.4 is 5.73 Å². The van der Waals surface area contributed by atoms with Gasteiger partial charge in [-0.25, -0.2) is 4.68 Å². The van der Waals surface area contributed by atoms with Gasteiger partial charge in [0.25, 0.3) is 0 Å². The average molecular weight is 219 g/mol. The topological polar surface area (TPSA) is 61.7 Å². The van der Waals surface area contributed by atoms with Crippen LogP contribution in [0.15, 0.2) is 12.3 Å². The SMILES string of the molecule is Cc1nn(C)c(C)c1C(C)n1nccc1N. The number of hydrogen-bond donors (Lipinski definition) is 1. The second-order valence-electron chi connectivity index (χ2n) is 4.08. The highest BCUT2D eigenvalue weighted by atomic mass is 15.3. The zero-order valence-corrected chi connectivity index (χ0v) is 10.1. The minimum absolute atomic E-state index is 0.115. The van der Waals surface area contributed by atoms with Crippen molar-refractivity contribution in [3.8, 4) is 0 Å². The monoisotopic (exact) mass is 219 g/mol. The summed E-state index contributed by atoms with van der Waals surface area (Å²) in [5.41, 5.74) is 9.23. The Morgan fingerprint density at radius 2 is 2.06 bits per heavy atom. The number of aryl methyl sites for hydroxylation is 2. The molecule has 0 amide bonds. The Morgan fingerprint density at radius 3 is 2.50 bits per heavy atom. The first-order valence-corrected chi connectivity index (χ1v) is 5.31. The molecule has 5 nitrogen and oxygen atoms in total. The lowest BCUT2D eigenvalue weighted by Crippen LogP contribution is -2.13. The van der Waals surface area contributed by atoms with E-state index < -0.39 is 0 Å². The number of hydrogen-bond acceptors (Lipinski definition) is 3. The normalized spacial score (nSPS) is 13.0. The minimum atomic E-state index is 0.115.